The molecule has 2 N–H and O–H groups in total. The Morgan fingerprint density at radius 1 is 1.11 bits per heavy atom. The molecule has 2 rings (SSSR count). The van der Waals surface area contributed by atoms with E-state index in [1.54, 1.807) is 12.4 Å². The molecule has 1 aromatic carbocycles. The van der Waals surface area contributed by atoms with Crippen LogP contribution in [0.2, 0.25) is 0 Å². The van der Waals surface area contributed by atoms with E-state index in [9.17, 15) is 13.9 Å². The molecule has 1 aromatic heterocycles. The summed E-state index contributed by atoms with van der Waals surface area (Å²) in [6.07, 6.45) is 2.49. The van der Waals surface area contributed by atoms with E-state index in [-0.39, 0.29) is 6.54 Å². The second-order valence-corrected chi connectivity index (χ2v) is 4.18. The first-order valence-corrected chi connectivity index (χ1v) is 5.89. The van der Waals surface area contributed by atoms with E-state index >= 15 is 0 Å². The second kappa shape index (κ2) is 6.36. The zero-order chi connectivity index (χ0) is 13.7. The Morgan fingerprint density at radius 3 is 2.53 bits per heavy atom. The van der Waals surface area contributed by atoms with Crippen molar-refractivity contribution >= 4 is 0 Å². The summed E-state index contributed by atoms with van der Waals surface area (Å²) in [5.74, 6) is -1.87. The molecule has 2 aromatic rings. The van der Waals surface area contributed by atoms with E-state index in [1.165, 1.54) is 6.07 Å². The van der Waals surface area contributed by atoms with Gasteiger partial charge in [0.05, 0.1) is 6.10 Å². The van der Waals surface area contributed by atoms with Gasteiger partial charge in [0.25, 0.3) is 0 Å². The summed E-state index contributed by atoms with van der Waals surface area (Å²) in [7, 11) is 0. The Kier molecular flexibility index (Phi) is 4.54. The van der Waals surface area contributed by atoms with E-state index in [1.807, 2.05) is 12.1 Å². The summed E-state index contributed by atoms with van der Waals surface area (Å²) in [5, 5.41) is 12.9. The van der Waals surface area contributed by atoms with Crippen molar-refractivity contribution in [3.8, 4) is 0 Å². The number of pyridine rings is 1. The number of aromatic nitrogens is 1. The summed E-state index contributed by atoms with van der Waals surface area (Å²) in [4.78, 5) is 3.90. The smallest absolute Gasteiger partial charge is 0.159 e. The first-order valence-electron chi connectivity index (χ1n) is 5.89. The number of hydrogen-bond acceptors (Lipinski definition) is 3. The van der Waals surface area contributed by atoms with Crippen LogP contribution in [-0.2, 0) is 6.54 Å². The van der Waals surface area contributed by atoms with Crippen molar-refractivity contribution in [2.75, 3.05) is 6.54 Å². The Balaban J connectivity index is 1.87. The fraction of sp³-hybridized carbons (Fsp3) is 0.214. The minimum atomic E-state index is -0.953. The molecule has 3 nitrogen and oxygen atoms in total. The third-order valence-electron chi connectivity index (χ3n) is 2.74. The lowest BCUT2D eigenvalue weighted by molar-refractivity contribution is 0.173. The van der Waals surface area contributed by atoms with Crippen LogP contribution < -0.4 is 5.32 Å². The van der Waals surface area contributed by atoms with E-state index in [0.29, 0.717) is 12.1 Å². The van der Waals surface area contributed by atoms with Gasteiger partial charge in [-0.25, -0.2) is 8.78 Å². The lowest BCUT2D eigenvalue weighted by atomic mass is 10.1. The lowest BCUT2D eigenvalue weighted by Gasteiger charge is -2.12. The number of benzene rings is 1. The fourth-order valence-corrected chi connectivity index (χ4v) is 1.69. The first-order chi connectivity index (χ1) is 9.16. The van der Waals surface area contributed by atoms with Gasteiger partial charge in [-0.05, 0) is 35.4 Å². The van der Waals surface area contributed by atoms with Crippen LogP contribution in [0.15, 0.2) is 42.7 Å². The monoisotopic (exact) mass is 264 g/mol. The highest BCUT2D eigenvalue weighted by Gasteiger charge is 2.10. The first kappa shape index (κ1) is 13.6. The normalized spacial score (nSPS) is 12.4. The number of halogens is 2. The van der Waals surface area contributed by atoms with Crippen LogP contribution in [0.5, 0.6) is 0 Å². The summed E-state index contributed by atoms with van der Waals surface area (Å²) in [5.41, 5.74) is 1.38. The van der Waals surface area contributed by atoms with Crippen LogP contribution in [0.1, 0.15) is 17.2 Å². The van der Waals surface area contributed by atoms with Crippen molar-refractivity contribution < 1.29 is 13.9 Å². The molecule has 19 heavy (non-hydrogen) atoms. The highest BCUT2D eigenvalue weighted by molar-refractivity contribution is 5.20. The quantitative estimate of drug-likeness (QED) is 0.870. The van der Waals surface area contributed by atoms with Gasteiger partial charge in [0.15, 0.2) is 11.6 Å². The van der Waals surface area contributed by atoms with Gasteiger partial charge in [0.2, 0.25) is 0 Å². The predicted molar refractivity (Wildman–Crippen MR) is 67.3 cm³/mol. The summed E-state index contributed by atoms with van der Waals surface area (Å²) in [6.45, 7) is 0.830. The predicted octanol–water partition coefficient (Wildman–Crippen LogP) is 2.18. The molecule has 0 aliphatic carbocycles. The van der Waals surface area contributed by atoms with Crippen LogP contribution in [0, 0.1) is 11.6 Å². The van der Waals surface area contributed by atoms with E-state index < -0.39 is 17.7 Å². The Morgan fingerprint density at radius 2 is 1.84 bits per heavy atom. The van der Waals surface area contributed by atoms with Gasteiger partial charge in [-0.3, -0.25) is 4.98 Å². The van der Waals surface area contributed by atoms with Crippen molar-refractivity contribution in [3.63, 3.8) is 0 Å². The van der Waals surface area contributed by atoms with Crippen LogP contribution in [0.4, 0.5) is 8.78 Å². The number of aliphatic hydroxyl groups is 1. The van der Waals surface area contributed by atoms with Crippen molar-refractivity contribution in [2.45, 2.75) is 12.6 Å². The van der Waals surface area contributed by atoms with Crippen molar-refractivity contribution in [2.24, 2.45) is 0 Å². The Labute approximate surface area is 109 Å². The zero-order valence-electron chi connectivity index (χ0n) is 10.2. The molecule has 0 aliphatic heterocycles. The number of nitrogens with one attached hydrogen (secondary N) is 1. The molecule has 0 amide bonds. The topological polar surface area (TPSA) is 45.1 Å². The maximum absolute atomic E-state index is 13.0. The molecule has 1 heterocycles. The van der Waals surface area contributed by atoms with Crippen LogP contribution in [0.3, 0.4) is 0 Å². The number of aliphatic hydroxyl groups excluding tert-OH is 1. The molecule has 0 bridgehead atoms. The molecule has 0 saturated heterocycles. The van der Waals surface area contributed by atoms with E-state index in [0.717, 1.165) is 17.7 Å². The van der Waals surface area contributed by atoms with Gasteiger partial charge in [0.1, 0.15) is 0 Å². The molecule has 1 unspecified atom stereocenters. The van der Waals surface area contributed by atoms with E-state index in [2.05, 4.69) is 10.3 Å². The highest BCUT2D eigenvalue weighted by Crippen LogP contribution is 2.15. The molecular formula is C14H14F2N2O. The van der Waals surface area contributed by atoms with Crippen molar-refractivity contribution in [1.82, 2.24) is 10.3 Å². The third kappa shape index (κ3) is 3.81. The minimum Gasteiger partial charge on any atom is -0.387 e. The van der Waals surface area contributed by atoms with Gasteiger partial charge < -0.3 is 10.4 Å². The molecule has 1 atom stereocenters. The van der Waals surface area contributed by atoms with Crippen LogP contribution >= 0.6 is 0 Å². The molecular weight excluding hydrogens is 250 g/mol. The summed E-state index contributed by atoms with van der Waals surface area (Å²) >= 11 is 0. The number of rotatable bonds is 5. The lowest BCUT2D eigenvalue weighted by Crippen LogP contribution is -2.21. The average molecular weight is 264 g/mol. The summed E-state index contributed by atoms with van der Waals surface area (Å²) in [6, 6.07) is 7.11. The third-order valence-corrected chi connectivity index (χ3v) is 2.74. The Hall–Kier alpha value is -1.85. The van der Waals surface area contributed by atoms with Gasteiger partial charge in [0, 0.05) is 25.5 Å². The Bertz CT molecular complexity index is 534. The molecule has 5 heteroatoms. The second-order valence-electron chi connectivity index (χ2n) is 4.18. The average Bonchev–Trinajstić information content (AvgIpc) is 2.43. The van der Waals surface area contributed by atoms with Gasteiger partial charge >= 0.3 is 0 Å². The van der Waals surface area contributed by atoms with E-state index in [4.69, 9.17) is 0 Å². The van der Waals surface area contributed by atoms with Gasteiger partial charge in [-0.15, -0.1) is 0 Å². The molecule has 100 valence electrons. The van der Waals surface area contributed by atoms with Gasteiger partial charge in [-0.2, -0.15) is 0 Å². The molecule has 0 radical (unpaired) electrons. The summed E-state index contributed by atoms with van der Waals surface area (Å²) < 4.78 is 25.8. The maximum atomic E-state index is 13.0. The SMILES string of the molecule is OC(CNCc1ccncc1)c1ccc(F)c(F)c1. The van der Waals surface area contributed by atoms with Crippen LogP contribution in [-0.4, -0.2) is 16.6 Å². The molecule has 0 saturated carbocycles. The van der Waals surface area contributed by atoms with Crippen LogP contribution in [0.25, 0.3) is 0 Å². The zero-order valence-corrected chi connectivity index (χ0v) is 10.2. The minimum absolute atomic E-state index is 0.257. The fourth-order valence-electron chi connectivity index (χ4n) is 1.69. The van der Waals surface area contributed by atoms with Crippen molar-refractivity contribution in [3.05, 3.63) is 65.5 Å². The highest BCUT2D eigenvalue weighted by atomic mass is 19.2. The van der Waals surface area contributed by atoms with Gasteiger partial charge in [-0.1, -0.05) is 6.07 Å². The maximum Gasteiger partial charge on any atom is 0.159 e. The van der Waals surface area contributed by atoms with Crippen molar-refractivity contribution in [1.29, 1.82) is 0 Å². The number of nitrogens with zero attached hydrogens (tertiary/aromatic N) is 1. The molecule has 0 fully saturated rings. The molecule has 0 aliphatic rings. The molecule has 0 spiro atoms. The number of hydrogen-bond donors (Lipinski definition) is 2. The largest absolute Gasteiger partial charge is 0.387 e. The standard InChI is InChI=1S/C14H14F2N2O/c15-12-2-1-11(7-13(12)16)14(19)9-18-8-10-3-5-17-6-4-10/h1-7,14,18-19H,8-9H2.